The molecule has 5 heteroatoms. The molecule has 1 unspecified atom stereocenters. The second-order valence-electron chi connectivity index (χ2n) is 4.53. The molecule has 1 rings (SSSR count). The highest BCUT2D eigenvalue weighted by molar-refractivity contribution is 5.74. The summed E-state index contributed by atoms with van der Waals surface area (Å²) in [7, 11) is 1.55. The number of hydrogen-bond donors (Lipinski definition) is 2. The van der Waals surface area contributed by atoms with Gasteiger partial charge in [0.2, 0.25) is 0 Å². The van der Waals surface area contributed by atoms with Crippen molar-refractivity contribution in [3.05, 3.63) is 0 Å². The summed E-state index contributed by atoms with van der Waals surface area (Å²) in [6, 6.07) is -0.00323. The first-order valence-corrected chi connectivity index (χ1v) is 6.44. The van der Waals surface area contributed by atoms with Gasteiger partial charge in [-0.15, -0.1) is 0 Å². The van der Waals surface area contributed by atoms with Gasteiger partial charge in [-0.2, -0.15) is 0 Å². The first-order valence-electron chi connectivity index (χ1n) is 6.44. The van der Waals surface area contributed by atoms with Gasteiger partial charge in [-0.05, 0) is 19.3 Å². The van der Waals surface area contributed by atoms with Crippen LogP contribution in [0.15, 0.2) is 0 Å². The third-order valence-corrected chi connectivity index (χ3v) is 3.01. The van der Waals surface area contributed by atoms with Crippen LogP contribution < -0.4 is 5.32 Å². The van der Waals surface area contributed by atoms with E-state index in [0.29, 0.717) is 19.6 Å². The molecule has 0 bridgehead atoms. The van der Waals surface area contributed by atoms with E-state index in [4.69, 9.17) is 4.74 Å². The monoisotopic (exact) mass is 244 g/mol. The van der Waals surface area contributed by atoms with Gasteiger partial charge in [-0.3, -0.25) is 0 Å². The van der Waals surface area contributed by atoms with E-state index in [1.54, 1.807) is 7.11 Å². The van der Waals surface area contributed by atoms with Crippen LogP contribution in [0.2, 0.25) is 0 Å². The second kappa shape index (κ2) is 8.31. The maximum absolute atomic E-state index is 11.8. The summed E-state index contributed by atoms with van der Waals surface area (Å²) in [4.78, 5) is 13.7. The summed E-state index contributed by atoms with van der Waals surface area (Å²) in [5, 5.41) is 12.3. The minimum Gasteiger partial charge on any atom is -0.391 e. The fourth-order valence-corrected chi connectivity index (χ4v) is 2.01. The molecule has 1 heterocycles. The van der Waals surface area contributed by atoms with Gasteiger partial charge in [-0.25, -0.2) is 4.79 Å². The van der Waals surface area contributed by atoms with Crippen molar-refractivity contribution >= 4 is 6.03 Å². The number of carbonyl (C=O) groups is 1. The van der Waals surface area contributed by atoms with Gasteiger partial charge in [0.25, 0.3) is 0 Å². The molecule has 5 nitrogen and oxygen atoms in total. The van der Waals surface area contributed by atoms with Crippen LogP contribution >= 0.6 is 0 Å². The number of hydrogen-bond acceptors (Lipinski definition) is 3. The summed E-state index contributed by atoms with van der Waals surface area (Å²) in [5.74, 6) is 0. The predicted molar refractivity (Wildman–Crippen MR) is 65.9 cm³/mol. The van der Waals surface area contributed by atoms with E-state index >= 15 is 0 Å². The van der Waals surface area contributed by atoms with Gasteiger partial charge < -0.3 is 20.1 Å². The number of urea groups is 1. The zero-order valence-corrected chi connectivity index (χ0v) is 10.7. The Morgan fingerprint density at radius 1 is 1.35 bits per heavy atom. The van der Waals surface area contributed by atoms with Gasteiger partial charge in [0, 0.05) is 26.7 Å². The molecule has 0 aromatic carbocycles. The van der Waals surface area contributed by atoms with Crippen LogP contribution in [0.25, 0.3) is 0 Å². The lowest BCUT2D eigenvalue weighted by Gasteiger charge is -2.21. The van der Waals surface area contributed by atoms with Gasteiger partial charge in [0.1, 0.15) is 0 Å². The average Bonchev–Trinajstić information content (AvgIpc) is 2.57. The zero-order chi connectivity index (χ0) is 12.5. The number of nitrogens with one attached hydrogen (secondary N) is 1. The van der Waals surface area contributed by atoms with Crippen LogP contribution in [0.1, 0.15) is 32.1 Å². The number of amides is 2. The molecule has 0 spiro atoms. The van der Waals surface area contributed by atoms with Crippen molar-refractivity contribution in [2.75, 3.05) is 33.4 Å². The minimum atomic E-state index is -0.496. The summed E-state index contributed by atoms with van der Waals surface area (Å²) in [5.41, 5.74) is 0. The predicted octanol–water partition coefficient (Wildman–Crippen LogP) is 0.969. The fraction of sp³-hybridized carbons (Fsp3) is 0.917. The van der Waals surface area contributed by atoms with Gasteiger partial charge >= 0.3 is 6.03 Å². The molecular formula is C12H24N2O3. The molecule has 17 heavy (non-hydrogen) atoms. The normalized spacial score (nSPS) is 18.6. The Morgan fingerprint density at radius 2 is 2.00 bits per heavy atom. The molecule has 1 fully saturated rings. The lowest BCUT2D eigenvalue weighted by atomic mass is 10.2. The molecule has 0 saturated carbocycles. The first-order chi connectivity index (χ1) is 8.24. The highest BCUT2D eigenvalue weighted by atomic mass is 16.5. The molecule has 100 valence electrons. The maximum Gasteiger partial charge on any atom is 0.317 e. The molecule has 1 atom stereocenters. The summed E-state index contributed by atoms with van der Waals surface area (Å²) in [6.07, 6.45) is 4.67. The number of ether oxygens (including phenoxy) is 1. The highest BCUT2D eigenvalue weighted by Crippen LogP contribution is 2.09. The average molecular weight is 244 g/mol. The summed E-state index contributed by atoms with van der Waals surface area (Å²) in [6.45, 7) is 2.53. The van der Waals surface area contributed by atoms with Crippen LogP contribution in [0.3, 0.4) is 0 Å². The van der Waals surface area contributed by atoms with Crippen LogP contribution in [-0.2, 0) is 4.74 Å². The van der Waals surface area contributed by atoms with Crippen molar-refractivity contribution in [2.24, 2.45) is 0 Å². The summed E-state index contributed by atoms with van der Waals surface area (Å²) >= 11 is 0. The van der Waals surface area contributed by atoms with E-state index in [0.717, 1.165) is 25.9 Å². The van der Waals surface area contributed by atoms with Crippen molar-refractivity contribution < 1.29 is 14.6 Å². The van der Waals surface area contributed by atoms with Crippen LogP contribution in [-0.4, -0.2) is 55.5 Å². The van der Waals surface area contributed by atoms with Crippen LogP contribution in [0, 0.1) is 0 Å². The van der Waals surface area contributed by atoms with Gasteiger partial charge in [-0.1, -0.05) is 12.8 Å². The molecule has 0 radical (unpaired) electrons. The van der Waals surface area contributed by atoms with E-state index in [2.05, 4.69) is 5.32 Å². The van der Waals surface area contributed by atoms with E-state index < -0.39 is 6.10 Å². The van der Waals surface area contributed by atoms with Crippen molar-refractivity contribution in [2.45, 2.75) is 38.2 Å². The Morgan fingerprint density at radius 3 is 2.59 bits per heavy atom. The molecule has 0 aromatic heterocycles. The van der Waals surface area contributed by atoms with Crippen LogP contribution in [0.5, 0.6) is 0 Å². The third-order valence-electron chi connectivity index (χ3n) is 3.01. The molecule has 2 amide bonds. The van der Waals surface area contributed by atoms with E-state index in [1.807, 2.05) is 4.90 Å². The summed E-state index contributed by atoms with van der Waals surface area (Å²) < 4.78 is 4.82. The van der Waals surface area contributed by atoms with Gasteiger partial charge in [0.05, 0.1) is 12.7 Å². The van der Waals surface area contributed by atoms with E-state index in [1.165, 1.54) is 12.8 Å². The quantitative estimate of drug-likeness (QED) is 0.757. The number of aliphatic hydroxyl groups excluding tert-OH is 1. The fourth-order valence-electron chi connectivity index (χ4n) is 2.01. The van der Waals surface area contributed by atoms with Crippen LogP contribution in [0.4, 0.5) is 4.79 Å². The number of likely N-dealkylation sites (tertiary alicyclic amines) is 1. The molecule has 1 aliphatic rings. The Labute approximate surface area is 103 Å². The Bertz CT molecular complexity index is 216. The first kappa shape index (κ1) is 14.3. The third kappa shape index (κ3) is 5.89. The van der Waals surface area contributed by atoms with Gasteiger partial charge in [0.15, 0.2) is 0 Å². The number of rotatable bonds is 5. The smallest absolute Gasteiger partial charge is 0.317 e. The topological polar surface area (TPSA) is 61.8 Å². The van der Waals surface area contributed by atoms with Crippen molar-refractivity contribution in [1.29, 1.82) is 0 Å². The minimum absolute atomic E-state index is 0.00323. The lowest BCUT2D eigenvalue weighted by Crippen LogP contribution is -2.41. The molecule has 1 saturated heterocycles. The van der Waals surface area contributed by atoms with Crippen molar-refractivity contribution in [1.82, 2.24) is 10.2 Å². The molecule has 1 aliphatic heterocycles. The number of carbonyl (C=O) groups excluding carboxylic acids is 1. The largest absolute Gasteiger partial charge is 0.391 e. The highest BCUT2D eigenvalue weighted by Gasteiger charge is 2.14. The Balaban J connectivity index is 2.15. The molecule has 0 aliphatic carbocycles. The SMILES string of the molecule is COCC(O)CCNC(=O)N1CCCCCC1. The number of aliphatic hydroxyl groups is 1. The Kier molecular flexibility index (Phi) is 6.96. The zero-order valence-electron chi connectivity index (χ0n) is 10.7. The Hall–Kier alpha value is -0.810. The molecular weight excluding hydrogens is 220 g/mol. The van der Waals surface area contributed by atoms with Crippen molar-refractivity contribution in [3.8, 4) is 0 Å². The standard InChI is InChI=1S/C12H24N2O3/c1-17-10-11(15)6-7-13-12(16)14-8-4-2-3-5-9-14/h11,15H,2-10H2,1H3,(H,13,16). The maximum atomic E-state index is 11.8. The molecule has 2 N–H and O–H groups in total. The second-order valence-corrected chi connectivity index (χ2v) is 4.53. The molecule has 0 aromatic rings. The van der Waals surface area contributed by atoms with Crippen molar-refractivity contribution in [3.63, 3.8) is 0 Å². The van der Waals surface area contributed by atoms with E-state index in [-0.39, 0.29) is 6.03 Å². The lowest BCUT2D eigenvalue weighted by molar-refractivity contribution is 0.0596. The van der Waals surface area contributed by atoms with E-state index in [9.17, 15) is 9.90 Å². The number of methoxy groups -OCH3 is 1. The number of nitrogens with zero attached hydrogens (tertiary/aromatic N) is 1.